The molecule has 0 radical (unpaired) electrons. The van der Waals surface area contributed by atoms with Crippen LogP contribution in [0, 0.1) is 10.8 Å². The Labute approximate surface area is 130 Å². The lowest BCUT2D eigenvalue weighted by Gasteiger charge is -2.16. The zero-order chi connectivity index (χ0) is 16.8. The molecule has 0 amide bonds. The quantitative estimate of drug-likeness (QED) is 0.588. The van der Waals surface area contributed by atoms with Gasteiger partial charge < -0.3 is 10.5 Å². The van der Waals surface area contributed by atoms with Gasteiger partial charge in [-0.1, -0.05) is 19.0 Å². The van der Waals surface area contributed by atoms with Gasteiger partial charge in [0, 0.05) is 12.1 Å². The van der Waals surface area contributed by atoms with E-state index in [1.54, 1.807) is 26.0 Å². The Balaban J connectivity index is 2.83. The van der Waals surface area contributed by atoms with Gasteiger partial charge in [-0.2, -0.15) is 4.91 Å². The summed E-state index contributed by atoms with van der Waals surface area (Å²) in [5, 5.41) is 2.98. The maximum atomic E-state index is 12.2. The van der Waals surface area contributed by atoms with Crippen molar-refractivity contribution < 1.29 is 9.53 Å². The van der Waals surface area contributed by atoms with Gasteiger partial charge in [-0.05, 0) is 32.4 Å². The van der Waals surface area contributed by atoms with Crippen LogP contribution in [-0.2, 0) is 4.79 Å². The molecular formula is C16H23N3O3. The molecule has 0 bridgehead atoms. The van der Waals surface area contributed by atoms with Crippen LogP contribution >= 0.6 is 0 Å². The van der Waals surface area contributed by atoms with Gasteiger partial charge in [0.2, 0.25) is 0 Å². The first kappa shape index (κ1) is 17.8. The van der Waals surface area contributed by atoms with Crippen molar-refractivity contribution in [2.75, 3.05) is 6.61 Å². The van der Waals surface area contributed by atoms with Gasteiger partial charge in [0.25, 0.3) is 0 Å². The summed E-state index contributed by atoms with van der Waals surface area (Å²) in [4.78, 5) is 27.0. The van der Waals surface area contributed by atoms with Crippen molar-refractivity contribution >= 4 is 11.4 Å². The summed E-state index contributed by atoms with van der Waals surface area (Å²) in [7, 11) is 0. The Hall–Kier alpha value is -2.24. The number of Topliss-reactive ketones (excluding diaryl/α,β-unsaturated/α-hetero) is 1. The van der Waals surface area contributed by atoms with E-state index in [1.807, 2.05) is 13.8 Å². The van der Waals surface area contributed by atoms with E-state index >= 15 is 0 Å². The lowest BCUT2D eigenvalue weighted by molar-refractivity contribution is -0.116. The van der Waals surface area contributed by atoms with Gasteiger partial charge in [0.1, 0.15) is 17.9 Å². The van der Waals surface area contributed by atoms with E-state index in [4.69, 9.17) is 10.5 Å². The zero-order valence-electron chi connectivity index (χ0n) is 13.5. The maximum Gasteiger partial charge on any atom is 0.169 e. The summed E-state index contributed by atoms with van der Waals surface area (Å²) in [6, 6.07) is 3.37. The number of pyridine rings is 1. The summed E-state index contributed by atoms with van der Waals surface area (Å²) in [5.41, 5.74) is 5.68. The third-order valence-electron chi connectivity index (χ3n) is 3.34. The SMILES string of the molecule is CCC(C)C(=O)C(=CN)c1ccc(OCC(C)(C)N=O)cn1. The van der Waals surface area contributed by atoms with Crippen LogP contribution in [0.15, 0.2) is 29.7 Å². The maximum absolute atomic E-state index is 12.2. The molecule has 0 spiro atoms. The Morgan fingerprint density at radius 2 is 2.18 bits per heavy atom. The largest absolute Gasteiger partial charge is 0.489 e. The van der Waals surface area contributed by atoms with Crippen LogP contribution in [0.4, 0.5) is 0 Å². The number of carbonyl (C=O) groups is 1. The molecular weight excluding hydrogens is 282 g/mol. The molecule has 120 valence electrons. The molecule has 1 heterocycles. The molecule has 0 aliphatic rings. The van der Waals surface area contributed by atoms with Crippen LogP contribution in [0.2, 0.25) is 0 Å². The number of ketones is 1. The number of rotatable bonds is 8. The van der Waals surface area contributed by atoms with Crippen molar-refractivity contribution in [1.82, 2.24) is 4.98 Å². The van der Waals surface area contributed by atoms with E-state index in [0.717, 1.165) is 6.42 Å². The van der Waals surface area contributed by atoms with Gasteiger partial charge in [0.05, 0.1) is 17.5 Å². The third-order valence-corrected chi connectivity index (χ3v) is 3.34. The van der Waals surface area contributed by atoms with Gasteiger partial charge in [-0.25, -0.2) is 0 Å². The molecule has 0 fully saturated rings. The number of nitrogens with two attached hydrogens (primary N) is 1. The zero-order valence-corrected chi connectivity index (χ0v) is 13.5. The average Bonchev–Trinajstić information content (AvgIpc) is 2.54. The molecule has 6 heteroatoms. The number of hydrogen-bond acceptors (Lipinski definition) is 6. The first-order valence-corrected chi connectivity index (χ1v) is 7.24. The standard InChI is InChI=1S/C16H23N3O3/c1-5-11(2)15(20)13(8-17)14-7-6-12(9-18-14)22-10-16(3,4)19-21/h6-9,11H,5,10,17H2,1-4H3. The topological polar surface area (TPSA) is 94.6 Å². The van der Waals surface area contributed by atoms with Crippen molar-refractivity contribution in [1.29, 1.82) is 0 Å². The second-order valence-corrected chi connectivity index (χ2v) is 5.83. The van der Waals surface area contributed by atoms with Crippen LogP contribution < -0.4 is 10.5 Å². The Morgan fingerprint density at radius 3 is 2.64 bits per heavy atom. The highest BCUT2D eigenvalue weighted by molar-refractivity contribution is 6.20. The molecule has 22 heavy (non-hydrogen) atoms. The molecule has 0 aromatic carbocycles. The number of nitroso groups, excluding NO2 is 1. The number of aromatic nitrogens is 1. The summed E-state index contributed by atoms with van der Waals surface area (Å²) >= 11 is 0. The number of ether oxygens (including phenoxy) is 1. The second-order valence-electron chi connectivity index (χ2n) is 5.83. The number of allylic oxidation sites excluding steroid dienone is 1. The van der Waals surface area contributed by atoms with Crippen LogP contribution in [0.3, 0.4) is 0 Å². The fourth-order valence-electron chi connectivity index (χ4n) is 1.66. The van der Waals surface area contributed by atoms with Gasteiger partial charge in [-0.15, -0.1) is 0 Å². The summed E-state index contributed by atoms with van der Waals surface area (Å²) in [5.74, 6) is 0.372. The summed E-state index contributed by atoms with van der Waals surface area (Å²) in [6.45, 7) is 7.33. The van der Waals surface area contributed by atoms with Crippen molar-refractivity contribution in [2.45, 2.75) is 39.7 Å². The minimum absolute atomic E-state index is 0.0301. The van der Waals surface area contributed by atoms with E-state index in [0.29, 0.717) is 17.0 Å². The molecule has 1 aromatic rings. The Kier molecular flexibility index (Phi) is 6.22. The van der Waals surface area contributed by atoms with Crippen LogP contribution in [0.5, 0.6) is 5.75 Å². The normalized spacial score (nSPS) is 13.5. The Bertz CT molecular complexity index is 550. The average molecular weight is 305 g/mol. The number of carbonyl (C=O) groups excluding carboxylic acids is 1. The fourth-order valence-corrected chi connectivity index (χ4v) is 1.66. The van der Waals surface area contributed by atoms with Crippen molar-refractivity contribution in [3.63, 3.8) is 0 Å². The predicted octanol–water partition coefficient (Wildman–Crippen LogP) is 2.92. The summed E-state index contributed by atoms with van der Waals surface area (Å²) in [6.07, 6.45) is 3.53. The fraction of sp³-hybridized carbons (Fsp3) is 0.500. The first-order chi connectivity index (χ1) is 10.3. The van der Waals surface area contributed by atoms with E-state index in [2.05, 4.69) is 10.2 Å². The van der Waals surface area contributed by atoms with E-state index < -0.39 is 5.54 Å². The monoisotopic (exact) mass is 305 g/mol. The molecule has 1 rings (SSSR count). The van der Waals surface area contributed by atoms with E-state index in [-0.39, 0.29) is 18.3 Å². The van der Waals surface area contributed by atoms with Crippen LogP contribution in [0.25, 0.3) is 5.57 Å². The molecule has 1 atom stereocenters. The van der Waals surface area contributed by atoms with Gasteiger partial charge in [0.15, 0.2) is 5.78 Å². The molecule has 0 aliphatic heterocycles. The molecule has 0 aliphatic carbocycles. The molecule has 6 nitrogen and oxygen atoms in total. The van der Waals surface area contributed by atoms with Crippen LogP contribution in [0.1, 0.15) is 39.8 Å². The van der Waals surface area contributed by atoms with E-state index in [9.17, 15) is 9.70 Å². The van der Waals surface area contributed by atoms with Gasteiger partial charge in [-0.3, -0.25) is 9.78 Å². The highest BCUT2D eigenvalue weighted by Crippen LogP contribution is 2.21. The molecule has 1 unspecified atom stereocenters. The van der Waals surface area contributed by atoms with Crippen LogP contribution in [-0.4, -0.2) is 22.9 Å². The third kappa shape index (κ3) is 4.65. The lowest BCUT2D eigenvalue weighted by Crippen LogP contribution is -2.25. The van der Waals surface area contributed by atoms with Crippen molar-refractivity contribution in [3.05, 3.63) is 35.1 Å². The van der Waals surface area contributed by atoms with Gasteiger partial charge >= 0.3 is 0 Å². The smallest absolute Gasteiger partial charge is 0.169 e. The second kappa shape index (κ2) is 7.68. The molecule has 0 saturated heterocycles. The highest BCUT2D eigenvalue weighted by atomic mass is 16.5. The minimum atomic E-state index is -0.798. The molecule has 0 saturated carbocycles. The van der Waals surface area contributed by atoms with Crippen molar-refractivity contribution in [3.8, 4) is 5.75 Å². The highest BCUT2D eigenvalue weighted by Gasteiger charge is 2.20. The first-order valence-electron chi connectivity index (χ1n) is 7.24. The lowest BCUT2D eigenvalue weighted by atomic mass is 9.95. The summed E-state index contributed by atoms with van der Waals surface area (Å²) < 4.78 is 5.47. The van der Waals surface area contributed by atoms with E-state index in [1.165, 1.54) is 12.4 Å². The Morgan fingerprint density at radius 1 is 1.50 bits per heavy atom. The number of hydrogen-bond donors (Lipinski definition) is 1. The van der Waals surface area contributed by atoms with Crippen molar-refractivity contribution in [2.24, 2.45) is 16.8 Å². The minimum Gasteiger partial charge on any atom is -0.489 e. The molecule has 2 N–H and O–H groups in total. The molecule has 1 aromatic heterocycles. The predicted molar refractivity (Wildman–Crippen MR) is 86.2 cm³/mol. The number of nitrogens with zero attached hydrogens (tertiary/aromatic N) is 2.